The lowest BCUT2D eigenvalue weighted by Gasteiger charge is -2.17. The number of hydrogen-bond donors (Lipinski definition) is 2. The number of amides is 1. The van der Waals surface area contributed by atoms with Crippen molar-refractivity contribution in [3.05, 3.63) is 63.2 Å². The van der Waals surface area contributed by atoms with Gasteiger partial charge in [-0.15, -0.1) is 0 Å². The molecule has 0 bridgehead atoms. The predicted molar refractivity (Wildman–Crippen MR) is 108 cm³/mol. The van der Waals surface area contributed by atoms with Gasteiger partial charge in [0.25, 0.3) is 5.91 Å². The Bertz CT molecular complexity index is 700. The van der Waals surface area contributed by atoms with Crippen LogP contribution in [-0.2, 0) is 0 Å². The highest BCUT2D eigenvalue weighted by atomic mass is 127. The summed E-state index contributed by atoms with van der Waals surface area (Å²) in [5, 5.41) is 6.17. The van der Waals surface area contributed by atoms with E-state index in [1.807, 2.05) is 30.3 Å². The second kappa shape index (κ2) is 8.40. The Kier molecular flexibility index (Phi) is 6.53. The van der Waals surface area contributed by atoms with Crippen molar-refractivity contribution >= 4 is 51.5 Å². The molecule has 0 aliphatic carbocycles. The van der Waals surface area contributed by atoms with Gasteiger partial charge in [-0.3, -0.25) is 10.1 Å². The van der Waals surface area contributed by atoms with E-state index in [2.05, 4.69) is 53.1 Å². The second-order valence-electron chi connectivity index (χ2n) is 5.31. The minimum Gasteiger partial charge on any atom is -0.332 e. The normalized spacial score (nSPS) is 11.6. The topological polar surface area (TPSA) is 41.1 Å². The number of benzene rings is 2. The highest BCUT2D eigenvalue weighted by molar-refractivity contribution is 14.1. The third-order valence-electron chi connectivity index (χ3n) is 3.69. The Balaban J connectivity index is 2.05. The number of hydrogen-bond acceptors (Lipinski definition) is 2. The molecule has 0 aliphatic heterocycles. The van der Waals surface area contributed by atoms with Crippen molar-refractivity contribution < 1.29 is 4.79 Å². The smallest absolute Gasteiger partial charge is 0.257 e. The van der Waals surface area contributed by atoms with Crippen LogP contribution in [-0.4, -0.2) is 11.0 Å². The second-order valence-corrected chi connectivity index (χ2v) is 6.97. The van der Waals surface area contributed by atoms with Crippen molar-refractivity contribution in [3.8, 4) is 0 Å². The first kappa shape index (κ1) is 17.9. The molecule has 1 unspecified atom stereocenters. The van der Waals surface area contributed by atoms with Crippen LogP contribution < -0.4 is 10.6 Å². The van der Waals surface area contributed by atoms with Crippen molar-refractivity contribution in [2.45, 2.75) is 26.2 Å². The van der Waals surface area contributed by atoms with Gasteiger partial charge in [-0.05, 0) is 83.0 Å². The third-order valence-corrected chi connectivity index (χ3v) is 4.61. The van der Waals surface area contributed by atoms with Crippen LogP contribution in [0.4, 0.5) is 5.69 Å². The lowest BCUT2D eigenvalue weighted by Crippen LogP contribution is -2.34. The summed E-state index contributed by atoms with van der Waals surface area (Å²) in [7, 11) is 0. The monoisotopic (exact) mass is 438 g/mol. The van der Waals surface area contributed by atoms with E-state index in [9.17, 15) is 4.79 Å². The molecule has 3 nitrogen and oxygen atoms in total. The molecule has 0 saturated carbocycles. The fraction of sp³-hybridized carbons (Fsp3) is 0.222. The summed E-state index contributed by atoms with van der Waals surface area (Å²) in [5.41, 5.74) is 2.72. The van der Waals surface area contributed by atoms with Gasteiger partial charge in [-0.1, -0.05) is 32.0 Å². The molecule has 0 radical (unpaired) electrons. The molecule has 2 rings (SSSR count). The number of halogens is 1. The molecule has 0 saturated heterocycles. The fourth-order valence-corrected chi connectivity index (χ4v) is 2.75. The summed E-state index contributed by atoms with van der Waals surface area (Å²) in [6, 6.07) is 15.4. The summed E-state index contributed by atoms with van der Waals surface area (Å²) in [5.74, 6) is 0.216. The molecular formula is C18H19IN2OS. The van der Waals surface area contributed by atoms with E-state index in [-0.39, 0.29) is 5.91 Å². The van der Waals surface area contributed by atoms with Crippen LogP contribution in [0.2, 0.25) is 0 Å². The van der Waals surface area contributed by atoms with Crippen LogP contribution in [0.1, 0.15) is 42.1 Å². The zero-order valence-corrected chi connectivity index (χ0v) is 16.1. The highest BCUT2D eigenvalue weighted by Gasteiger charge is 2.11. The van der Waals surface area contributed by atoms with E-state index in [0.29, 0.717) is 16.6 Å². The first-order valence-electron chi connectivity index (χ1n) is 7.48. The largest absolute Gasteiger partial charge is 0.332 e. The summed E-state index contributed by atoms with van der Waals surface area (Å²) in [6.07, 6.45) is 1.04. The molecule has 23 heavy (non-hydrogen) atoms. The van der Waals surface area contributed by atoms with Crippen LogP contribution in [0.25, 0.3) is 0 Å². The minimum absolute atomic E-state index is 0.208. The molecule has 1 atom stereocenters. The average Bonchev–Trinajstić information content (AvgIpc) is 2.55. The maximum atomic E-state index is 12.2. The number of carbonyl (C=O) groups is 1. The zero-order valence-electron chi connectivity index (χ0n) is 13.1. The Morgan fingerprint density at radius 3 is 2.48 bits per heavy atom. The number of thiocarbonyl (C=S) groups is 1. The molecule has 2 aromatic carbocycles. The van der Waals surface area contributed by atoms with E-state index in [0.717, 1.165) is 15.7 Å². The summed E-state index contributed by atoms with van der Waals surface area (Å²) >= 11 is 7.48. The molecule has 0 fully saturated rings. The van der Waals surface area contributed by atoms with Gasteiger partial charge >= 0.3 is 0 Å². The van der Waals surface area contributed by atoms with E-state index in [1.54, 1.807) is 12.1 Å². The van der Waals surface area contributed by atoms with Crippen LogP contribution in [0, 0.1) is 3.57 Å². The molecule has 0 aliphatic rings. The number of para-hydroxylation sites is 1. The first-order chi connectivity index (χ1) is 11.0. The van der Waals surface area contributed by atoms with Crippen LogP contribution in [0.5, 0.6) is 0 Å². The molecule has 5 heteroatoms. The van der Waals surface area contributed by atoms with E-state index in [1.165, 1.54) is 5.56 Å². The van der Waals surface area contributed by atoms with Crippen molar-refractivity contribution in [2.75, 3.05) is 5.32 Å². The number of carbonyl (C=O) groups excluding carboxylic acids is 1. The molecule has 0 heterocycles. The average molecular weight is 438 g/mol. The van der Waals surface area contributed by atoms with Gasteiger partial charge in [0.15, 0.2) is 5.11 Å². The lowest BCUT2D eigenvalue weighted by molar-refractivity contribution is 0.0977. The van der Waals surface area contributed by atoms with E-state index >= 15 is 0 Å². The molecule has 0 spiro atoms. The van der Waals surface area contributed by atoms with E-state index < -0.39 is 0 Å². The van der Waals surface area contributed by atoms with Crippen LogP contribution in [0.15, 0.2) is 48.5 Å². The maximum Gasteiger partial charge on any atom is 0.257 e. The van der Waals surface area contributed by atoms with Crippen molar-refractivity contribution in [1.82, 2.24) is 5.32 Å². The van der Waals surface area contributed by atoms with Gasteiger partial charge in [-0.2, -0.15) is 0 Å². The van der Waals surface area contributed by atoms with Crippen molar-refractivity contribution in [1.29, 1.82) is 0 Å². The SMILES string of the molecule is CCC(C)c1ccccc1NC(=S)NC(=O)c1ccc(I)cc1. The molecule has 120 valence electrons. The molecule has 1 amide bonds. The standard InChI is InChI=1S/C18H19IN2OS/c1-3-12(2)15-6-4-5-7-16(15)20-18(23)21-17(22)13-8-10-14(19)11-9-13/h4-12H,3H2,1-2H3,(H2,20,21,22,23). The minimum atomic E-state index is -0.208. The third kappa shape index (κ3) is 5.00. The molecule has 2 aromatic rings. The predicted octanol–water partition coefficient (Wildman–Crippen LogP) is 4.93. The van der Waals surface area contributed by atoms with Crippen molar-refractivity contribution in [2.24, 2.45) is 0 Å². The number of anilines is 1. The highest BCUT2D eigenvalue weighted by Crippen LogP contribution is 2.26. The Morgan fingerprint density at radius 2 is 1.83 bits per heavy atom. The quantitative estimate of drug-likeness (QED) is 0.526. The van der Waals surface area contributed by atoms with Gasteiger partial charge in [-0.25, -0.2) is 0 Å². The number of nitrogens with one attached hydrogen (secondary N) is 2. The maximum absolute atomic E-state index is 12.2. The lowest BCUT2D eigenvalue weighted by atomic mass is 9.97. The fourth-order valence-electron chi connectivity index (χ4n) is 2.19. The van der Waals surface area contributed by atoms with Crippen LogP contribution in [0.3, 0.4) is 0 Å². The Hall–Kier alpha value is -1.47. The first-order valence-corrected chi connectivity index (χ1v) is 8.96. The van der Waals surface area contributed by atoms with Gasteiger partial charge in [0.2, 0.25) is 0 Å². The molecule has 0 aromatic heterocycles. The van der Waals surface area contributed by atoms with Crippen LogP contribution >= 0.6 is 34.8 Å². The van der Waals surface area contributed by atoms with Gasteiger partial charge in [0, 0.05) is 14.8 Å². The van der Waals surface area contributed by atoms with E-state index in [4.69, 9.17) is 12.2 Å². The summed E-state index contributed by atoms with van der Waals surface area (Å²) in [4.78, 5) is 12.2. The number of rotatable bonds is 4. The molecular weight excluding hydrogens is 419 g/mol. The summed E-state index contributed by atoms with van der Waals surface area (Å²) in [6.45, 7) is 4.33. The molecule has 2 N–H and O–H groups in total. The Morgan fingerprint density at radius 1 is 1.17 bits per heavy atom. The van der Waals surface area contributed by atoms with Crippen molar-refractivity contribution in [3.63, 3.8) is 0 Å². The Labute approximate surface area is 156 Å². The van der Waals surface area contributed by atoms with Gasteiger partial charge < -0.3 is 5.32 Å². The summed E-state index contributed by atoms with van der Waals surface area (Å²) < 4.78 is 1.09. The van der Waals surface area contributed by atoms with Gasteiger partial charge in [0.1, 0.15) is 0 Å². The van der Waals surface area contributed by atoms with Gasteiger partial charge in [0.05, 0.1) is 0 Å². The zero-order chi connectivity index (χ0) is 16.8.